The number of pyridine rings is 1. The van der Waals surface area contributed by atoms with Crippen molar-refractivity contribution >= 4 is 10.9 Å². The molecule has 21 heavy (non-hydrogen) atoms. The highest BCUT2D eigenvalue weighted by molar-refractivity contribution is 5.87. The number of fused-ring (bicyclic) bond motifs is 1. The van der Waals surface area contributed by atoms with E-state index in [1.54, 1.807) is 6.07 Å². The number of alkyl halides is 3. The quantitative estimate of drug-likeness (QED) is 0.851. The third-order valence-corrected chi connectivity index (χ3v) is 3.13. The van der Waals surface area contributed by atoms with Crippen LogP contribution in [0.3, 0.4) is 0 Å². The van der Waals surface area contributed by atoms with Crippen LogP contribution in [0.25, 0.3) is 10.9 Å². The number of nitrogens with zero attached hydrogens (tertiary/aromatic N) is 2. The Bertz CT molecular complexity index is 749. The molecule has 110 valence electrons. The summed E-state index contributed by atoms with van der Waals surface area (Å²) < 4.78 is 49.2. The van der Waals surface area contributed by atoms with Gasteiger partial charge >= 0.3 is 6.18 Å². The molecule has 0 spiro atoms. The van der Waals surface area contributed by atoms with E-state index < -0.39 is 17.4 Å². The summed E-state index contributed by atoms with van der Waals surface area (Å²) in [6.45, 7) is 1.45. The first-order valence-electron chi connectivity index (χ1n) is 5.87. The van der Waals surface area contributed by atoms with E-state index in [0.29, 0.717) is 11.1 Å². The summed E-state index contributed by atoms with van der Waals surface area (Å²) >= 11 is 0. The number of rotatable bonds is 2. The van der Waals surface area contributed by atoms with E-state index in [9.17, 15) is 13.2 Å². The minimum absolute atomic E-state index is 0.0940. The minimum Gasteiger partial charge on any atom is -0.493 e. The monoisotopic (exact) mass is 296 g/mol. The van der Waals surface area contributed by atoms with E-state index in [4.69, 9.17) is 14.7 Å². The molecule has 4 nitrogen and oxygen atoms in total. The van der Waals surface area contributed by atoms with Crippen LogP contribution in [-0.4, -0.2) is 19.2 Å². The highest BCUT2D eigenvalue weighted by atomic mass is 19.4. The number of hydrogen-bond donors (Lipinski definition) is 0. The van der Waals surface area contributed by atoms with E-state index in [1.165, 1.54) is 33.3 Å². The Balaban J connectivity index is 2.91. The van der Waals surface area contributed by atoms with Gasteiger partial charge in [0.2, 0.25) is 0 Å². The van der Waals surface area contributed by atoms with Gasteiger partial charge in [-0.3, -0.25) is 0 Å². The van der Waals surface area contributed by atoms with Crippen molar-refractivity contribution in [3.05, 3.63) is 29.0 Å². The van der Waals surface area contributed by atoms with Gasteiger partial charge in [-0.25, -0.2) is 4.98 Å². The molecule has 0 aliphatic rings. The maximum Gasteiger partial charge on any atom is 0.434 e. The molecule has 1 heterocycles. The summed E-state index contributed by atoms with van der Waals surface area (Å²) in [4.78, 5) is 3.58. The van der Waals surface area contributed by atoms with Gasteiger partial charge in [0, 0.05) is 11.5 Å². The van der Waals surface area contributed by atoms with Crippen molar-refractivity contribution in [3.8, 4) is 17.6 Å². The fourth-order valence-corrected chi connectivity index (χ4v) is 2.09. The molecule has 2 rings (SSSR count). The number of hydrogen-bond acceptors (Lipinski definition) is 4. The summed E-state index contributed by atoms with van der Waals surface area (Å²) in [5, 5.41) is 9.42. The van der Waals surface area contributed by atoms with Gasteiger partial charge in [-0.2, -0.15) is 18.4 Å². The smallest absolute Gasteiger partial charge is 0.434 e. The number of ether oxygens (including phenoxy) is 2. The molecule has 1 aromatic heterocycles. The molecule has 0 amide bonds. The highest BCUT2D eigenvalue weighted by Gasteiger charge is 2.37. The van der Waals surface area contributed by atoms with Crippen molar-refractivity contribution in [2.75, 3.05) is 14.2 Å². The number of aromatic nitrogens is 1. The molecule has 7 heteroatoms. The molecule has 1 aromatic carbocycles. The third-order valence-electron chi connectivity index (χ3n) is 3.13. The zero-order chi connectivity index (χ0) is 15.8. The summed E-state index contributed by atoms with van der Waals surface area (Å²) in [6, 6.07) is 4.44. The number of nitriles is 1. The van der Waals surface area contributed by atoms with E-state index >= 15 is 0 Å². The van der Waals surface area contributed by atoms with Gasteiger partial charge in [0.15, 0.2) is 17.2 Å². The number of halogens is 3. The van der Waals surface area contributed by atoms with Crippen LogP contribution < -0.4 is 9.47 Å². The maximum atomic E-state index is 13.0. The highest BCUT2D eigenvalue weighted by Crippen LogP contribution is 2.38. The SMILES string of the molecule is COc1cc2nc(C(F)(F)F)c(C#N)c(C)c2cc1OC. The lowest BCUT2D eigenvalue weighted by Gasteiger charge is -2.14. The van der Waals surface area contributed by atoms with Gasteiger partial charge < -0.3 is 9.47 Å². The average molecular weight is 296 g/mol. The summed E-state index contributed by atoms with van der Waals surface area (Å²) in [5.74, 6) is 0.633. The number of methoxy groups -OCH3 is 2. The average Bonchev–Trinajstić information content (AvgIpc) is 2.44. The Morgan fingerprint density at radius 2 is 1.71 bits per heavy atom. The van der Waals surface area contributed by atoms with Crippen LogP contribution in [0.5, 0.6) is 11.5 Å². The van der Waals surface area contributed by atoms with Crippen molar-refractivity contribution in [3.63, 3.8) is 0 Å². The first-order valence-corrected chi connectivity index (χ1v) is 5.87. The Labute approximate surface area is 118 Å². The molecule has 0 bridgehead atoms. The fourth-order valence-electron chi connectivity index (χ4n) is 2.09. The molecule has 0 radical (unpaired) electrons. The van der Waals surface area contributed by atoms with Crippen LogP contribution in [0.1, 0.15) is 16.8 Å². The Morgan fingerprint density at radius 3 is 2.19 bits per heavy atom. The van der Waals surface area contributed by atoms with Crippen molar-refractivity contribution < 1.29 is 22.6 Å². The zero-order valence-corrected chi connectivity index (χ0v) is 11.5. The van der Waals surface area contributed by atoms with Gasteiger partial charge in [0.1, 0.15) is 6.07 Å². The van der Waals surface area contributed by atoms with Crippen LogP contribution in [0, 0.1) is 18.3 Å². The zero-order valence-electron chi connectivity index (χ0n) is 11.5. The van der Waals surface area contributed by atoms with Crippen molar-refractivity contribution in [2.24, 2.45) is 0 Å². The summed E-state index contributed by atoms with van der Waals surface area (Å²) in [7, 11) is 2.80. The second-order valence-electron chi connectivity index (χ2n) is 4.29. The van der Waals surface area contributed by atoms with E-state index in [1.807, 2.05) is 0 Å². The lowest BCUT2D eigenvalue weighted by molar-refractivity contribution is -0.141. The Kier molecular flexibility index (Phi) is 3.64. The van der Waals surface area contributed by atoms with E-state index in [2.05, 4.69) is 4.98 Å². The molecule has 2 aromatic rings. The van der Waals surface area contributed by atoms with E-state index in [0.717, 1.165) is 0 Å². The predicted octanol–water partition coefficient (Wildman–Crippen LogP) is 3.45. The standard InChI is InChI=1S/C14H11F3N2O2/c1-7-8-4-11(20-2)12(21-3)5-10(8)19-13(9(7)6-18)14(15,16)17/h4-5H,1-3H3. The van der Waals surface area contributed by atoms with E-state index in [-0.39, 0.29) is 16.8 Å². The molecule has 0 saturated heterocycles. The van der Waals surface area contributed by atoms with Crippen molar-refractivity contribution in [1.29, 1.82) is 5.26 Å². The van der Waals surface area contributed by atoms with Crippen LogP contribution in [0.15, 0.2) is 12.1 Å². The van der Waals surface area contributed by atoms with Crippen molar-refractivity contribution in [1.82, 2.24) is 4.98 Å². The molecular formula is C14H11F3N2O2. The lowest BCUT2D eigenvalue weighted by Crippen LogP contribution is -2.12. The molecule has 0 aliphatic heterocycles. The topological polar surface area (TPSA) is 55.1 Å². The largest absolute Gasteiger partial charge is 0.493 e. The van der Waals surface area contributed by atoms with Crippen LogP contribution in [0.2, 0.25) is 0 Å². The lowest BCUT2D eigenvalue weighted by atomic mass is 10.0. The van der Waals surface area contributed by atoms with Gasteiger partial charge in [-0.15, -0.1) is 0 Å². The normalized spacial score (nSPS) is 11.3. The predicted molar refractivity (Wildman–Crippen MR) is 69.3 cm³/mol. The molecule has 0 N–H and O–H groups in total. The molecule has 0 saturated carbocycles. The number of benzene rings is 1. The minimum atomic E-state index is -4.70. The summed E-state index contributed by atoms with van der Waals surface area (Å²) in [6.07, 6.45) is -4.70. The fraction of sp³-hybridized carbons (Fsp3) is 0.286. The van der Waals surface area contributed by atoms with Crippen molar-refractivity contribution in [2.45, 2.75) is 13.1 Å². The third kappa shape index (κ3) is 2.44. The molecular weight excluding hydrogens is 285 g/mol. The van der Waals surface area contributed by atoms with Crippen LogP contribution >= 0.6 is 0 Å². The van der Waals surface area contributed by atoms with Gasteiger partial charge in [0.25, 0.3) is 0 Å². The Hall–Kier alpha value is -2.49. The van der Waals surface area contributed by atoms with Gasteiger partial charge in [-0.05, 0) is 18.6 Å². The van der Waals surface area contributed by atoms with Crippen LogP contribution in [-0.2, 0) is 6.18 Å². The van der Waals surface area contributed by atoms with Gasteiger partial charge in [0.05, 0.1) is 25.3 Å². The maximum absolute atomic E-state index is 13.0. The van der Waals surface area contributed by atoms with Crippen LogP contribution in [0.4, 0.5) is 13.2 Å². The molecule has 0 unspecified atom stereocenters. The summed E-state index contributed by atoms with van der Waals surface area (Å²) in [5.41, 5.74) is -1.38. The number of aryl methyl sites for hydroxylation is 1. The first-order chi connectivity index (χ1) is 9.83. The second-order valence-corrected chi connectivity index (χ2v) is 4.29. The molecule has 0 fully saturated rings. The molecule has 0 atom stereocenters. The van der Waals surface area contributed by atoms with Gasteiger partial charge in [-0.1, -0.05) is 0 Å². The second kappa shape index (κ2) is 5.13. The Morgan fingerprint density at radius 1 is 1.14 bits per heavy atom. The first kappa shape index (κ1) is 14.9. The molecule has 0 aliphatic carbocycles.